The number of allylic oxidation sites excluding steroid dienone is 3. The lowest BCUT2D eigenvalue weighted by Gasteiger charge is -2.17. The van der Waals surface area contributed by atoms with Crippen molar-refractivity contribution in [2.24, 2.45) is 5.73 Å². The lowest BCUT2D eigenvalue weighted by Crippen LogP contribution is -2.28. The summed E-state index contributed by atoms with van der Waals surface area (Å²) in [6.07, 6.45) is 1.22. The van der Waals surface area contributed by atoms with Crippen LogP contribution in [0.4, 0.5) is 0 Å². The molecule has 1 aromatic carbocycles. The van der Waals surface area contributed by atoms with Crippen molar-refractivity contribution in [1.82, 2.24) is 4.98 Å². The maximum Gasteiger partial charge on any atom is 0.232 e. The highest BCUT2D eigenvalue weighted by Crippen LogP contribution is 2.27. The van der Waals surface area contributed by atoms with Gasteiger partial charge in [-0.25, -0.2) is 4.98 Å². The van der Waals surface area contributed by atoms with Crippen LogP contribution in [0, 0.1) is 0 Å². The van der Waals surface area contributed by atoms with Crippen LogP contribution in [0.5, 0.6) is 0 Å². The van der Waals surface area contributed by atoms with Gasteiger partial charge in [0.2, 0.25) is 11.6 Å². The van der Waals surface area contributed by atoms with Gasteiger partial charge in [-0.3, -0.25) is 14.4 Å². The Morgan fingerprint density at radius 1 is 1.20 bits per heavy atom. The molecule has 0 saturated heterocycles. The number of nitrogens with zero attached hydrogens (tertiary/aromatic N) is 1. The number of nitrogens with two attached hydrogens (primary N) is 1. The van der Waals surface area contributed by atoms with Gasteiger partial charge in [-0.1, -0.05) is 24.8 Å². The number of hydrogen-bond acceptors (Lipinski definition) is 6. The Labute approximate surface area is 143 Å². The fourth-order valence-corrected chi connectivity index (χ4v) is 2.60. The second-order valence-corrected chi connectivity index (χ2v) is 5.35. The Morgan fingerprint density at radius 2 is 1.96 bits per heavy atom. The molecule has 0 saturated carbocycles. The molecule has 0 unspecified atom stereocenters. The van der Waals surface area contributed by atoms with E-state index in [-0.39, 0.29) is 28.5 Å². The first-order valence-electron chi connectivity index (χ1n) is 7.39. The molecule has 1 heterocycles. The van der Waals surface area contributed by atoms with Crippen molar-refractivity contribution in [3.63, 3.8) is 0 Å². The van der Waals surface area contributed by atoms with Crippen LogP contribution in [0.1, 0.15) is 31.2 Å². The number of ether oxygens (including phenoxy) is 1. The molecule has 124 valence electrons. The molecule has 0 atom stereocenters. The van der Waals surface area contributed by atoms with E-state index in [0.717, 1.165) is 0 Å². The minimum atomic E-state index is -0.563. The lowest BCUT2D eigenvalue weighted by molar-refractivity contribution is 0.0902. The Hall–Kier alpha value is -3.54. The average Bonchev–Trinajstić information content (AvgIpc) is 2.65. The third-order valence-electron chi connectivity index (χ3n) is 3.88. The van der Waals surface area contributed by atoms with Crippen LogP contribution < -0.4 is 5.73 Å². The molecule has 2 aromatic rings. The van der Waals surface area contributed by atoms with Gasteiger partial charge >= 0.3 is 0 Å². The van der Waals surface area contributed by atoms with E-state index in [1.807, 2.05) is 0 Å². The van der Waals surface area contributed by atoms with Crippen molar-refractivity contribution >= 4 is 17.3 Å². The molecule has 2 N–H and O–H groups in total. The van der Waals surface area contributed by atoms with Crippen LogP contribution in [0.25, 0.3) is 11.3 Å². The van der Waals surface area contributed by atoms with Crippen LogP contribution in [0.3, 0.4) is 0 Å². The molecule has 3 rings (SSSR count). The fourth-order valence-electron chi connectivity index (χ4n) is 2.60. The molecule has 1 aliphatic rings. The van der Waals surface area contributed by atoms with Gasteiger partial charge in [-0.15, -0.1) is 0 Å². The largest absolute Gasteiger partial charge is 0.491 e. The Balaban J connectivity index is 2.11. The summed E-state index contributed by atoms with van der Waals surface area (Å²) >= 11 is 0. The van der Waals surface area contributed by atoms with E-state index in [4.69, 9.17) is 10.5 Å². The first-order valence-corrected chi connectivity index (χ1v) is 7.39. The molecule has 0 bridgehead atoms. The summed E-state index contributed by atoms with van der Waals surface area (Å²) in [5.41, 5.74) is 7.08. The minimum absolute atomic E-state index is 0.0266. The zero-order valence-corrected chi connectivity index (χ0v) is 13.4. The van der Waals surface area contributed by atoms with Crippen molar-refractivity contribution in [2.45, 2.75) is 0 Å². The average molecular weight is 334 g/mol. The minimum Gasteiger partial charge on any atom is -0.491 e. The van der Waals surface area contributed by atoms with Gasteiger partial charge in [0, 0.05) is 11.1 Å². The number of benzene rings is 1. The summed E-state index contributed by atoms with van der Waals surface area (Å²) in [6.45, 7) is 3.46. The maximum absolute atomic E-state index is 12.4. The van der Waals surface area contributed by atoms with Gasteiger partial charge in [0.05, 0.1) is 18.4 Å². The summed E-state index contributed by atoms with van der Waals surface area (Å²) in [6, 6.07) is 9.88. The lowest BCUT2D eigenvalue weighted by atomic mass is 9.94. The number of methoxy groups -OCH3 is 1. The molecule has 6 nitrogen and oxygen atoms in total. The van der Waals surface area contributed by atoms with E-state index < -0.39 is 11.6 Å². The number of pyridine rings is 1. The number of hydrogen-bond donors (Lipinski definition) is 1. The molecular formula is C19H14N2O4. The molecule has 0 radical (unpaired) electrons. The smallest absolute Gasteiger partial charge is 0.232 e. The van der Waals surface area contributed by atoms with Crippen molar-refractivity contribution in [3.8, 4) is 11.3 Å². The third kappa shape index (κ3) is 2.63. The van der Waals surface area contributed by atoms with E-state index in [2.05, 4.69) is 11.6 Å². The Kier molecular flexibility index (Phi) is 4.02. The highest BCUT2D eigenvalue weighted by Gasteiger charge is 2.33. The summed E-state index contributed by atoms with van der Waals surface area (Å²) in [7, 11) is 1.28. The Bertz CT molecular complexity index is 973. The van der Waals surface area contributed by atoms with E-state index in [9.17, 15) is 14.4 Å². The molecule has 0 spiro atoms. The molecule has 0 amide bonds. The summed E-state index contributed by atoms with van der Waals surface area (Å²) in [4.78, 5) is 40.8. The first kappa shape index (κ1) is 16.3. The second-order valence-electron chi connectivity index (χ2n) is 5.35. The number of carbonyl (C=O) groups excluding carboxylic acids is 3. The van der Waals surface area contributed by atoms with Crippen molar-refractivity contribution in [3.05, 3.63) is 77.3 Å². The Morgan fingerprint density at radius 3 is 2.64 bits per heavy atom. The maximum atomic E-state index is 12.4. The quantitative estimate of drug-likeness (QED) is 0.680. The van der Waals surface area contributed by atoms with Crippen molar-refractivity contribution in [2.75, 3.05) is 7.11 Å². The van der Waals surface area contributed by atoms with Crippen LogP contribution in [0.15, 0.2) is 60.5 Å². The number of aromatic nitrogens is 1. The van der Waals surface area contributed by atoms with Gasteiger partial charge < -0.3 is 10.5 Å². The molecular weight excluding hydrogens is 320 g/mol. The number of ketones is 3. The topological polar surface area (TPSA) is 99.3 Å². The monoisotopic (exact) mass is 334 g/mol. The molecule has 1 aliphatic carbocycles. The summed E-state index contributed by atoms with van der Waals surface area (Å²) in [5, 5.41) is 0. The number of fused-ring (bicyclic) bond motifs is 1. The molecule has 0 fully saturated rings. The third-order valence-corrected chi connectivity index (χ3v) is 3.88. The van der Waals surface area contributed by atoms with Gasteiger partial charge in [0.1, 0.15) is 11.4 Å². The van der Waals surface area contributed by atoms with E-state index in [1.54, 1.807) is 30.3 Å². The van der Waals surface area contributed by atoms with Crippen LogP contribution >= 0.6 is 0 Å². The molecule has 6 heteroatoms. The predicted molar refractivity (Wildman–Crippen MR) is 91.1 cm³/mol. The highest BCUT2D eigenvalue weighted by atomic mass is 16.5. The summed E-state index contributed by atoms with van der Waals surface area (Å²) < 4.78 is 4.92. The second kappa shape index (κ2) is 6.16. The zero-order chi connectivity index (χ0) is 18.1. The molecule has 1 aromatic heterocycles. The van der Waals surface area contributed by atoms with Crippen LogP contribution in [0.2, 0.25) is 0 Å². The van der Waals surface area contributed by atoms with E-state index >= 15 is 0 Å². The van der Waals surface area contributed by atoms with E-state index in [1.165, 1.54) is 19.3 Å². The van der Waals surface area contributed by atoms with Gasteiger partial charge in [-0.05, 0) is 24.3 Å². The summed E-state index contributed by atoms with van der Waals surface area (Å²) in [5.74, 6) is -1.44. The highest BCUT2D eigenvalue weighted by molar-refractivity contribution is 6.25. The zero-order valence-electron chi connectivity index (χ0n) is 13.4. The molecule has 25 heavy (non-hydrogen) atoms. The van der Waals surface area contributed by atoms with Gasteiger partial charge in [-0.2, -0.15) is 0 Å². The van der Waals surface area contributed by atoms with Crippen molar-refractivity contribution < 1.29 is 19.1 Å². The standard InChI is InChI=1S/C19H14N2O4/c1-3-14(22)11-6-4-5-10(9-11)13-8-7-12-16(21-13)18(24)15(20)19(25-2)17(12)23/h3-9H,1,20H2,2H3. The van der Waals surface area contributed by atoms with E-state index in [0.29, 0.717) is 16.8 Å². The number of Topliss-reactive ketones (excluding diaryl/α,β-unsaturated/α-hetero) is 2. The predicted octanol–water partition coefficient (Wildman–Crippen LogP) is 2.31. The number of carbonyl (C=O) groups is 3. The van der Waals surface area contributed by atoms with Crippen LogP contribution in [-0.4, -0.2) is 29.4 Å². The first-order chi connectivity index (χ1) is 12.0. The molecule has 0 aliphatic heterocycles. The van der Waals surface area contributed by atoms with Gasteiger partial charge in [0.15, 0.2) is 11.5 Å². The van der Waals surface area contributed by atoms with Crippen LogP contribution in [-0.2, 0) is 4.74 Å². The fraction of sp³-hybridized carbons (Fsp3) is 0.0526. The SMILES string of the molecule is C=CC(=O)c1cccc(-c2ccc3c(n2)C(=O)C(N)=C(OC)C3=O)c1. The van der Waals surface area contributed by atoms with Gasteiger partial charge in [0.25, 0.3) is 0 Å². The van der Waals surface area contributed by atoms with Crippen molar-refractivity contribution in [1.29, 1.82) is 0 Å². The number of rotatable bonds is 4. The normalized spacial score (nSPS) is 13.5.